The quantitative estimate of drug-likeness (QED) is 0.523. The predicted molar refractivity (Wildman–Crippen MR) is 113 cm³/mol. The molecule has 142 valence electrons. The Kier molecular flexibility index (Phi) is 5.78. The van der Waals surface area contributed by atoms with Crippen LogP contribution >= 0.6 is 0 Å². The summed E-state index contributed by atoms with van der Waals surface area (Å²) in [5.74, 6) is 0.343. The number of hydrogen-bond acceptors (Lipinski definition) is 4. The molecule has 3 aromatic carbocycles. The molecule has 1 aliphatic rings. The van der Waals surface area contributed by atoms with Crippen molar-refractivity contribution >= 4 is 11.4 Å². The maximum atomic E-state index is 11.0. The summed E-state index contributed by atoms with van der Waals surface area (Å²) >= 11 is 0. The summed E-state index contributed by atoms with van der Waals surface area (Å²) in [5, 5.41) is 19.8. The molecule has 0 aliphatic carbocycles. The van der Waals surface area contributed by atoms with Crippen molar-refractivity contribution in [2.75, 3.05) is 13.1 Å². The summed E-state index contributed by atoms with van der Waals surface area (Å²) in [6, 6.07) is 23.6. The minimum absolute atomic E-state index is 0.343. The van der Waals surface area contributed by atoms with Crippen LogP contribution in [0.4, 0.5) is 11.4 Å². The Balaban J connectivity index is 1.70. The highest BCUT2D eigenvalue weighted by Crippen LogP contribution is 2.37. The van der Waals surface area contributed by atoms with Crippen LogP contribution in [0.5, 0.6) is 5.75 Å². The molecule has 3 aromatic rings. The van der Waals surface area contributed by atoms with E-state index in [-0.39, 0.29) is 0 Å². The topological polar surface area (TPSA) is 48.2 Å². The lowest BCUT2D eigenvalue weighted by atomic mass is 9.99. The minimum Gasteiger partial charge on any atom is -0.507 e. The van der Waals surface area contributed by atoms with Gasteiger partial charge in [-0.05, 0) is 55.8 Å². The van der Waals surface area contributed by atoms with E-state index in [9.17, 15) is 5.11 Å². The maximum absolute atomic E-state index is 11.0. The summed E-state index contributed by atoms with van der Waals surface area (Å²) in [6.45, 7) is 2.89. The standard InChI is InChI=1S/C24H25N3O/c28-24-20(18-27-14-8-3-9-15-27)16-22(26-25-21-12-6-2-7-13-21)17-23(24)19-10-4-1-5-11-19/h1-2,4-7,10-13,16-17,28H,3,8-9,14-15,18H2. The molecule has 1 N–H and O–H groups in total. The average Bonchev–Trinajstić information content (AvgIpc) is 2.76. The molecule has 1 fully saturated rings. The fraction of sp³-hybridized carbons (Fsp3) is 0.250. The number of azo groups is 1. The van der Waals surface area contributed by atoms with Gasteiger partial charge in [-0.25, -0.2) is 0 Å². The second-order valence-electron chi connectivity index (χ2n) is 7.24. The van der Waals surface area contributed by atoms with Crippen LogP contribution in [0.15, 0.2) is 83.0 Å². The van der Waals surface area contributed by atoms with E-state index in [1.54, 1.807) is 0 Å². The van der Waals surface area contributed by atoms with Gasteiger partial charge in [-0.2, -0.15) is 10.2 Å². The summed E-state index contributed by atoms with van der Waals surface area (Å²) in [6.07, 6.45) is 3.74. The molecule has 0 unspecified atom stereocenters. The second-order valence-corrected chi connectivity index (χ2v) is 7.24. The highest BCUT2D eigenvalue weighted by molar-refractivity contribution is 5.75. The lowest BCUT2D eigenvalue weighted by molar-refractivity contribution is 0.218. The SMILES string of the molecule is Oc1c(CN2CCCCC2)cc(N=Nc2ccccc2)cc1-c1ccccc1. The fourth-order valence-electron chi connectivity index (χ4n) is 3.66. The van der Waals surface area contributed by atoms with Gasteiger partial charge >= 0.3 is 0 Å². The highest BCUT2D eigenvalue weighted by Gasteiger charge is 2.16. The van der Waals surface area contributed by atoms with Crippen molar-refractivity contribution in [3.63, 3.8) is 0 Å². The molecular formula is C24H25N3O. The number of nitrogens with zero attached hydrogens (tertiary/aromatic N) is 3. The Bertz CT molecular complexity index is 933. The monoisotopic (exact) mass is 371 g/mol. The molecule has 1 saturated heterocycles. The van der Waals surface area contributed by atoms with Crippen LogP contribution < -0.4 is 0 Å². The minimum atomic E-state index is 0.343. The predicted octanol–water partition coefficient (Wildman–Crippen LogP) is 6.46. The number of piperidine rings is 1. The molecule has 1 heterocycles. The van der Waals surface area contributed by atoms with Gasteiger partial charge in [0.2, 0.25) is 0 Å². The normalized spacial score (nSPS) is 15.1. The first-order valence-corrected chi connectivity index (χ1v) is 9.90. The Labute approximate surface area is 166 Å². The first-order valence-electron chi connectivity index (χ1n) is 9.90. The largest absolute Gasteiger partial charge is 0.507 e. The van der Waals surface area contributed by atoms with Gasteiger partial charge in [0.15, 0.2) is 0 Å². The zero-order valence-electron chi connectivity index (χ0n) is 16.0. The molecule has 0 radical (unpaired) electrons. The molecule has 0 spiro atoms. The van der Waals surface area contributed by atoms with Crippen molar-refractivity contribution in [1.82, 2.24) is 4.90 Å². The van der Waals surface area contributed by atoms with Crippen molar-refractivity contribution < 1.29 is 5.11 Å². The van der Waals surface area contributed by atoms with Crippen LogP contribution in [0.2, 0.25) is 0 Å². The molecule has 1 aliphatic heterocycles. The average molecular weight is 371 g/mol. The number of aromatic hydroxyl groups is 1. The molecule has 0 saturated carbocycles. The summed E-state index contributed by atoms with van der Waals surface area (Å²) in [7, 11) is 0. The van der Waals surface area contributed by atoms with Crippen LogP contribution in [-0.4, -0.2) is 23.1 Å². The van der Waals surface area contributed by atoms with E-state index in [0.29, 0.717) is 5.75 Å². The Morgan fingerprint density at radius 1 is 0.750 bits per heavy atom. The zero-order chi connectivity index (χ0) is 19.2. The van der Waals surface area contributed by atoms with Crippen molar-refractivity contribution in [2.24, 2.45) is 10.2 Å². The molecule has 0 atom stereocenters. The van der Waals surface area contributed by atoms with E-state index in [4.69, 9.17) is 0 Å². The highest BCUT2D eigenvalue weighted by atomic mass is 16.3. The molecule has 0 bridgehead atoms. The summed E-state index contributed by atoms with van der Waals surface area (Å²) in [4.78, 5) is 2.41. The van der Waals surface area contributed by atoms with Gasteiger partial charge in [0, 0.05) is 17.7 Å². The number of rotatable bonds is 5. The van der Waals surface area contributed by atoms with Gasteiger partial charge in [-0.15, -0.1) is 0 Å². The molecule has 28 heavy (non-hydrogen) atoms. The van der Waals surface area contributed by atoms with E-state index in [1.807, 2.05) is 72.8 Å². The first kappa shape index (κ1) is 18.4. The van der Waals surface area contributed by atoms with Crippen LogP contribution in [0.25, 0.3) is 11.1 Å². The lowest BCUT2D eigenvalue weighted by Crippen LogP contribution is -2.29. The fourth-order valence-corrected chi connectivity index (χ4v) is 3.66. The Hall–Kier alpha value is -2.98. The van der Waals surface area contributed by atoms with Gasteiger partial charge in [0.05, 0.1) is 11.4 Å². The van der Waals surface area contributed by atoms with E-state index >= 15 is 0 Å². The third-order valence-electron chi connectivity index (χ3n) is 5.14. The van der Waals surface area contributed by atoms with Crippen molar-refractivity contribution in [3.8, 4) is 16.9 Å². The Morgan fingerprint density at radius 2 is 1.39 bits per heavy atom. The lowest BCUT2D eigenvalue weighted by Gasteiger charge is -2.27. The van der Waals surface area contributed by atoms with E-state index in [0.717, 1.165) is 47.7 Å². The number of hydrogen-bond donors (Lipinski definition) is 1. The molecule has 0 amide bonds. The number of phenolic OH excluding ortho intramolecular Hbond substituents is 1. The number of benzene rings is 3. The van der Waals surface area contributed by atoms with Crippen LogP contribution in [0.3, 0.4) is 0 Å². The molecule has 4 heteroatoms. The third kappa shape index (κ3) is 4.46. The maximum Gasteiger partial charge on any atom is 0.128 e. The molecule has 4 rings (SSSR count). The van der Waals surface area contributed by atoms with Crippen molar-refractivity contribution in [1.29, 1.82) is 0 Å². The number of likely N-dealkylation sites (tertiary alicyclic amines) is 1. The van der Waals surface area contributed by atoms with Gasteiger partial charge in [0.25, 0.3) is 0 Å². The van der Waals surface area contributed by atoms with Crippen LogP contribution in [0.1, 0.15) is 24.8 Å². The van der Waals surface area contributed by atoms with Gasteiger partial charge in [-0.1, -0.05) is 55.0 Å². The summed E-state index contributed by atoms with van der Waals surface area (Å²) < 4.78 is 0. The molecule has 4 nitrogen and oxygen atoms in total. The molecular weight excluding hydrogens is 346 g/mol. The molecule has 0 aromatic heterocycles. The number of phenols is 1. The first-order chi connectivity index (χ1) is 13.8. The van der Waals surface area contributed by atoms with E-state index in [2.05, 4.69) is 15.1 Å². The van der Waals surface area contributed by atoms with Crippen molar-refractivity contribution in [2.45, 2.75) is 25.8 Å². The van der Waals surface area contributed by atoms with Gasteiger partial charge in [0.1, 0.15) is 5.75 Å². The zero-order valence-corrected chi connectivity index (χ0v) is 16.0. The second kappa shape index (κ2) is 8.81. The smallest absolute Gasteiger partial charge is 0.128 e. The van der Waals surface area contributed by atoms with Gasteiger partial charge in [-0.3, -0.25) is 4.90 Å². The van der Waals surface area contributed by atoms with Crippen LogP contribution in [0, 0.1) is 0 Å². The van der Waals surface area contributed by atoms with Crippen molar-refractivity contribution in [3.05, 3.63) is 78.4 Å². The summed E-state index contributed by atoms with van der Waals surface area (Å²) in [5.41, 5.74) is 4.26. The Morgan fingerprint density at radius 3 is 2.11 bits per heavy atom. The van der Waals surface area contributed by atoms with E-state index < -0.39 is 0 Å². The van der Waals surface area contributed by atoms with E-state index in [1.165, 1.54) is 19.3 Å². The van der Waals surface area contributed by atoms with Gasteiger partial charge < -0.3 is 5.11 Å². The van der Waals surface area contributed by atoms with Crippen LogP contribution in [-0.2, 0) is 6.54 Å². The third-order valence-corrected chi connectivity index (χ3v) is 5.14.